The molecule has 0 aliphatic heterocycles. The van der Waals surface area contributed by atoms with Crippen molar-refractivity contribution in [2.24, 2.45) is 5.10 Å². The second-order valence-electron chi connectivity index (χ2n) is 4.91. The summed E-state index contributed by atoms with van der Waals surface area (Å²) in [5, 5.41) is 14.7. The summed E-state index contributed by atoms with van der Waals surface area (Å²) in [6.45, 7) is -0.199. The molecule has 134 valence electrons. The maximum Gasteiger partial charge on any atom is 0.343 e. The van der Waals surface area contributed by atoms with Gasteiger partial charge in [0.1, 0.15) is 11.3 Å². The molecule has 2 aromatic rings. The lowest BCUT2D eigenvalue weighted by Gasteiger charge is -2.04. The average molecular weight is 357 g/mol. The van der Waals surface area contributed by atoms with E-state index in [-0.39, 0.29) is 17.9 Å². The molecule has 0 heterocycles. The molecule has 9 nitrogen and oxygen atoms in total. The molecule has 2 aromatic carbocycles. The number of benzene rings is 2. The Hall–Kier alpha value is -3.75. The maximum absolute atomic E-state index is 12.0. The van der Waals surface area contributed by atoms with Crippen LogP contribution in [0.25, 0.3) is 0 Å². The van der Waals surface area contributed by atoms with E-state index in [1.54, 1.807) is 24.3 Å². The fourth-order valence-electron chi connectivity index (χ4n) is 1.90. The van der Waals surface area contributed by atoms with Crippen LogP contribution in [-0.4, -0.2) is 36.7 Å². The summed E-state index contributed by atoms with van der Waals surface area (Å²) < 4.78 is 9.66. The van der Waals surface area contributed by atoms with Gasteiger partial charge in [-0.1, -0.05) is 12.1 Å². The Kier molecular flexibility index (Phi) is 6.38. The third-order valence-corrected chi connectivity index (χ3v) is 3.19. The van der Waals surface area contributed by atoms with Gasteiger partial charge in [0, 0.05) is 6.07 Å². The number of methoxy groups -OCH3 is 1. The second kappa shape index (κ2) is 8.92. The van der Waals surface area contributed by atoms with Crippen molar-refractivity contribution in [1.29, 1.82) is 0 Å². The quantitative estimate of drug-likeness (QED) is 0.350. The fraction of sp³-hybridized carbons (Fsp3) is 0.118. The molecule has 0 aliphatic carbocycles. The van der Waals surface area contributed by atoms with Gasteiger partial charge in [0.15, 0.2) is 6.61 Å². The van der Waals surface area contributed by atoms with Gasteiger partial charge in [-0.25, -0.2) is 10.2 Å². The van der Waals surface area contributed by atoms with Crippen LogP contribution < -0.4 is 10.2 Å². The van der Waals surface area contributed by atoms with Crippen LogP contribution in [0.2, 0.25) is 0 Å². The summed E-state index contributed by atoms with van der Waals surface area (Å²) in [7, 11) is 1.27. The first kappa shape index (κ1) is 18.6. The minimum Gasteiger partial charge on any atom is -0.482 e. The lowest BCUT2D eigenvalue weighted by Crippen LogP contribution is -2.18. The van der Waals surface area contributed by atoms with Crippen molar-refractivity contribution < 1.29 is 24.0 Å². The summed E-state index contributed by atoms with van der Waals surface area (Å²) in [4.78, 5) is 33.3. The number of para-hydroxylation sites is 1. The van der Waals surface area contributed by atoms with Crippen LogP contribution in [0.4, 0.5) is 5.69 Å². The maximum atomic E-state index is 12.0. The van der Waals surface area contributed by atoms with E-state index in [4.69, 9.17) is 4.74 Å². The SMILES string of the molecule is COC(=O)COc1ccc(/C=N\NC(=O)c2ccccc2[N+](=O)[O-])cc1. The Morgan fingerprint density at radius 3 is 2.54 bits per heavy atom. The molecule has 0 radical (unpaired) electrons. The number of nitrogens with one attached hydrogen (secondary N) is 1. The molecule has 0 aliphatic rings. The predicted molar refractivity (Wildman–Crippen MR) is 92.1 cm³/mol. The largest absolute Gasteiger partial charge is 0.482 e. The first-order chi connectivity index (χ1) is 12.5. The number of hydrazone groups is 1. The molecular formula is C17H15N3O6. The predicted octanol–water partition coefficient (Wildman–Crippen LogP) is 1.91. The van der Waals surface area contributed by atoms with Crippen LogP contribution in [0, 0.1) is 10.1 Å². The Bertz CT molecular complexity index is 833. The standard InChI is InChI=1S/C17H15N3O6/c1-25-16(21)11-26-13-8-6-12(7-9-13)10-18-19-17(22)14-4-2-3-5-15(14)20(23)24/h2-10H,11H2,1H3,(H,19,22)/b18-10-. The number of nitro groups is 1. The number of carbonyl (C=O) groups excluding carboxylic acids is 2. The molecule has 9 heteroatoms. The average Bonchev–Trinajstić information content (AvgIpc) is 2.66. The van der Waals surface area contributed by atoms with Crippen molar-refractivity contribution in [3.05, 3.63) is 69.8 Å². The van der Waals surface area contributed by atoms with Gasteiger partial charge in [-0.15, -0.1) is 0 Å². The molecule has 0 saturated carbocycles. The monoisotopic (exact) mass is 357 g/mol. The van der Waals surface area contributed by atoms with Crippen LogP contribution in [0.3, 0.4) is 0 Å². The highest BCUT2D eigenvalue weighted by Crippen LogP contribution is 2.17. The van der Waals surface area contributed by atoms with E-state index >= 15 is 0 Å². The molecule has 0 saturated heterocycles. The lowest BCUT2D eigenvalue weighted by molar-refractivity contribution is -0.385. The van der Waals surface area contributed by atoms with Gasteiger partial charge in [-0.2, -0.15) is 5.10 Å². The third-order valence-electron chi connectivity index (χ3n) is 3.19. The van der Waals surface area contributed by atoms with Gasteiger partial charge in [0.05, 0.1) is 18.2 Å². The van der Waals surface area contributed by atoms with E-state index < -0.39 is 16.8 Å². The zero-order valence-corrected chi connectivity index (χ0v) is 13.7. The fourth-order valence-corrected chi connectivity index (χ4v) is 1.90. The van der Waals surface area contributed by atoms with Crippen molar-refractivity contribution in [2.45, 2.75) is 0 Å². The number of nitrogens with zero attached hydrogens (tertiary/aromatic N) is 2. The normalized spacial score (nSPS) is 10.3. The molecule has 0 fully saturated rings. The number of ether oxygens (including phenoxy) is 2. The van der Waals surface area contributed by atoms with Gasteiger partial charge in [-0.05, 0) is 35.9 Å². The summed E-state index contributed by atoms with van der Waals surface area (Å²) >= 11 is 0. The minimum absolute atomic E-state index is 0.0822. The Morgan fingerprint density at radius 2 is 1.88 bits per heavy atom. The molecule has 0 unspecified atom stereocenters. The summed E-state index contributed by atoms with van der Waals surface area (Å²) in [5.74, 6) is -0.712. The highest BCUT2D eigenvalue weighted by molar-refractivity contribution is 5.98. The molecule has 0 spiro atoms. The van der Waals surface area contributed by atoms with Gasteiger partial charge in [-0.3, -0.25) is 14.9 Å². The van der Waals surface area contributed by atoms with Gasteiger partial charge in [0.2, 0.25) is 0 Å². The summed E-state index contributed by atoms with van der Waals surface area (Å²) in [6, 6.07) is 12.1. The molecule has 0 atom stereocenters. The smallest absolute Gasteiger partial charge is 0.343 e. The van der Waals surface area contributed by atoms with Crippen LogP contribution in [0.5, 0.6) is 5.75 Å². The van der Waals surface area contributed by atoms with E-state index in [0.29, 0.717) is 11.3 Å². The van der Waals surface area contributed by atoms with Crippen molar-refractivity contribution in [3.8, 4) is 5.75 Å². The second-order valence-corrected chi connectivity index (χ2v) is 4.91. The van der Waals surface area contributed by atoms with Crippen LogP contribution >= 0.6 is 0 Å². The molecule has 2 rings (SSSR count). The first-order valence-corrected chi connectivity index (χ1v) is 7.37. The van der Waals surface area contributed by atoms with Crippen LogP contribution in [0.15, 0.2) is 53.6 Å². The Balaban J connectivity index is 1.95. The van der Waals surface area contributed by atoms with Crippen molar-refractivity contribution in [1.82, 2.24) is 5.43 Å². The van der Waals surface area contributed by atoms with Crippen molar-refractivity contribution >= 4 is 23.8 Å². The van der Waals surface area contributed by atoms with Crippen molar-refractivity contribution in [2.75, 3.05) is 13.7 Å². The van der Waals surface area contributed by atoms with E-state index in [1.165, 1.54) is 37.6 Å². The van der Waals surface area contributed by atoms with Gasteiger partial charge < -0.3 is 9.47 Å². The molecule has 0 bridgehead atoms. The number of rotatable bonds is 7. The highest BCUT2D eigenvalue weighted by Gasteiger charge is 2.18. The number of esters is 1. The zero-order valence-electron chi connectivity index (χ0n) is 13.7. The number of amides is 1. The number of carbonyl (C=O) groups is 2. The van der Waals surface area contributed by atoms with E-state index in [0.717, 1.165) is 0 Å². The summed E-state index contributed by atoms with van der Waals surface area (Å²) in [5.41, 5.74) is 2.51. The Morgan fingerprint density at radius 1 is 1.19 bits per heavy atom. The molecular weight excluding hydrogens is 342 g/mol. The van der Waals surface area contributed by atoms with Gasteiger partial charge >= 0.3 is 5.97 Å². The van der Waals surface area contributed by atoms with Gasteiger partial charge in [0.25, 0.3) is 11.6 Å². The van der Waals surface area contributed by atoms with Crippen LogP contribution in [0.1, 0.15) is 15.9 Å². The first-order valence-electron chi connectivity index (χ1n) is 7.37. The zero-order chi connectivity index (χ0) is 18.9. The number of hydrogen-bond donors (Lipinski definition) is 1. The van der Waals surface area contributed by atoms with Crippen LogP contribution in [-0.2, 0) is 9.53 Å². The van der Waals surface area contributed by atoms with Crippen molar-refractivity contribution in [3.63, 3.8) is 0 Å². The van der Waals surface area contributed by atoms with E-state index in [1.807, 2.05) is 0 Å². The summed E-state index contributed by atoms with van der Waals surface area (Å²) in [6.07, 6.45) is 1.37. The third kappa shape index (κ3) is 5.13. The molecule has 26 heavy (non-hydrogen) atoms. The lowest BCUT2D eigenvalue weighted by atomic mass is 10.2. The minimum atomic E-state index is -0.688. The molecule has 0 aromatic heterocycles. The Labute approximate surface area is 148 Å². The number of nitro benzene ring substituents is 1. The van der Waals surface area contributed by atoms with E-state index in [2.05, 4.69) is 15.3 Å². The number of hydrogen-bond acceptors (Lipinski definition) is 7. The highest BCUT2D eigenvalue weighted by atomic mass is 16.6. The molecule has 1 N–H and O–H groups in total. The molecule has 1 amide bonds. The topological polar surface area (TPSA) is 120 Å². The van der Waals surface area contributed by atoms with E-state index in [9.17, 15) is 19.7 Å².